The number of hydrogen-bond donors (Lipinski definition) is 1. The van der Waals surface area contributed by atoms with Crippen LogP contribution in [0, 0.1) is 5.82 Å². The fraction of sp³-hybridized carbons (Fsp3) is 0.188. The van der Waals surface area contributed by atoms with Gasteiger partial charge in [0, 0.05) is 6.54 Å². The first-order valence-electron chi connectivity index (χ1n) is 7.12. The number of thiophene rings is 1. The number of benzene rings is 1. The lowest BCUT2D eigenvalue weighted by atomic mass is 10.1. The van der Waals surface area contributed by atoms with Crippen LogP contribution in [-0.2, 0) is 0 Å². The molecule has 0 unspecified atom stereocenters. The van der Waals surface area contributed by atoms with Gasteiger partial charge in [-0.1, -0.05) is 12.1 Å². The molecule has 0 aliphatic heterocycles. The summed E-state index contributed by atoms with van der Waals surface area (Å²) in [5.41, 5.74) is 2.07. The van der Waals surface area contributed by atoms with Gasteiger partial charge < -0.3 is 5.32 Å². The number of carbonyl (C=O) groups excluding carboxylic acids is 1. The van der Waals surface area contributed by atoms with Crippen molar-refractivity contribution in [3.63, 3.8) is 0 Å². The second kappa shape index (κ2) is 6.70. The highest BCUT2D eigenvalue weighted by Gasteiger charge is 2.13. The molecule has 5 nitrogen and oxygen atoms in total. The molecule has 3 rings (SSSR count). The standard InChI is InChI=1S/C16H15FN4OS/c1-11(12-6-7-23-10-12)8-18-16(22)15-9-21(20-19-15)14-4-2-13(17)3-5-14/h2-7,9-11H,8H2,1H3,(H,18,22)/t11-/m0/s1. The maximum Gasteiger partial charge on any atom is 0.273 e. The third kappa shape index (κ3) is 3.62. The summed E-state index contributed by atoms with van der Waals surface area (Å²) in [5, 5.41) is 14.7. The summed E-state index contributed by atoms with van der Waals surface area (Å²) in [6.45, 7) is 2.58. The molecule has 1 N–H and O–H groups in total. The van der Waals surface area contributed by atoms with E-state index in [1.165, 1.54) is 28.6 Å². The molecular formula is C16H15FN4OS. The summed E-state index contributed by atoms with van der Waals surface area (Å²) in [6, 6.07) is 7.86. The van der Waals surface area contributed by atoms with Crippen LogP contribution in [0.25, 0.3) is 5.69 Å². The average Bonchev–Trinajstić information content (AvgIpc) is 3.24. The van der Waals surface area contributed by atoms with E-state index in [9.17, 15) is 9.18 Å². The lowest BCUT2D eigenvalue weighted by molar-refractivity contribution is 0.0946. The van der Waals surface area contributed by atoms with E-state index in [1.807, 2.05) is 11.4 Å². The molecule has 118 valence electrons. The van der Waals surface area contributed by atoms with E-state index >= 15 is 0 Å². The van der Waals surface area contributed by atoms with Gasteiger partial charge >= 0.3 is 0 Å². The Morgan fingerprint density at radius 2 is 2.13 bits per heavy atom. The summed E-state index contributed by atoms with van der Waals surface area (Å²) in [6.07, 6.45) is 1.53. The van der Waals surface area contributed by atoms with Gasteiger partial charge in [0.25, 0.3) is 5.91 Å². The quantitative estimate of drug-likeness (QED) is 0.782. The fourth-order valence-electron chi connectivity index (χ4n) is 2.10. The minimum atomic E-state index is -0.325. The Hall–Kier alpha value is -2.54. The van der Waals surface area contributed by atoms with Crippen molar-refractivity contribution in [1.82, 2.24) is 20.3 Å². The zero-order chi connectivity index (χ0) is 16.2. The molecule has 0 radical (unpaired) electrons. The van der Waals surface area contributed by atoms with Crippen LogP contribution in [0.15, 0.2) is 47.3 Å². The summed E-state index contributed by atoms with van der Waals surface area (Å²) >= 11 is 1.64. The predicted octanol–water partition coefficient (Wildman–Crippen LogP) is 3.00. The minimum Gasteiger partial charge on any atom is -0.350 e. The Morgan fingerprint density at radius 1 is 1.35 bits per heavy atom. The van der Waals surface area contributed by atoms with Crippen molar-refractivity contribution < 1.29 is 9.18 Å². The molecule has 7 heteroatoms. The first-order valence-corrected chi connectivity index (χ1v) is 8.06. The van der Waals surface area contributed by atoms with Crippen molar-refractivity contribution in [3.05, 3.63) is 64.4 Å². The van der Waals surface area contributed by atoms with Gasteiger partial charge in [0.05, 0.1) is 11.9 Å². The summed E-state index contributed by atoms with van der Waals surface area (Å²) < 4.78 is 14.4. The van der Waals surface area contributed by atoms with Crippen molar-refractivity contribution in [2.45, 2.75) is 12.8 Å². The molecule has 1 amide bonds. The Balaban J connectivity index is 1.63. The van der Waals surface area contributed by atoms with E-state index in [1.54, 1.807) is 23.5 Å². The number of carbonyl (C=O) groups is 1. The number of nitrogens with zero attached hydrogens (tertiary/aromatic N) is 3. The van der Waals surface area contributed by atoms with Gasteiger partial charge in [0.15, 0.2) is 5.69 Å². The molecule has 23 heavy (non-hydrogen) atoms. The smallest absolute Gasteiger partial charge is 0.273 e. The molecule has 2 aromatic heterocycles. The van der Waals surface area contributed by atoms with E-state index < -0.39 is 0 Å². The van der Waals surface area contributed by atoms with Gasteiger partial charge in [-0.05, 0) is 52.6 Å². The van der Waals surface area contributed by atoms with E-state index in [0.29, 0.717) is 12.2 Å². The van der Waals surface area contributed by atoms with Crippen LogP contribution >= 0.6 is 11.3 Å². The maximum absolute atomic E-state index is 12.9. The van der Waals surface area contributed by atoms with Gasteiger partial charge in [0.2, 0.25) is 0 Å². The second-order valence-electron chi connectivity index (χ2n) is 5.19. The topological polar surface area (TPSA) is 59.8 Å². The van der Waals surface area contributed by atoms with Crippen LogP contribution in [0.5, 0.6) is 0 Å². The van der Waals surface area contributed by atoms with Crippen LogP contribution in [-0.4, -0.2) is 27.4 Å². The van der Waals surface area contributed by atoms with E-state index in [-0.39, 0.29) is 23.3 Å². The number of nitrogens with one attached hydrogen (secondary N) is 1. The maximum atomic E-state index is 12.9. The van der Waals surface area contributed by atoms with E-state index in [2.05, 4.69) is 27.9 Å². The van der Waals surface area contributed by atoms with Crippen LogP contribution in [0.4, 0.5) is 4.39 Å². The molecule has 1 atom stereocenters. The summed E-state index contributed by atoms with van der Waals surface area (Å²) in [5.74, 6) is -0.368. The third-order valence-corrected chi connectivity index (χ3v) is 4.20. The van der Waals surface area contributed by atoms with Crippen LogP contribution < -0.4 is 5.32 Å². The van der Waals surface area contributed by atoms with Crippen molar-refractivity contribution in [2.24, 2.45) is 0 Å². The third-order valence-electron chi connectivity index (χ3n) is 3.50. The lowest BCUT2D eigenvalue weighted by Gasteiger charge is -2.10. The molecular weight excluding hydrogens is 315 g/mol. The van der Waals surface area contributed by atoms with Crippen molar-refractivity contribution in [2.75, 3.05) is 6.54 Å². The van der Waals surface area contributed by atoms with Crippen LogP contribution in [0.3, 0.4) is 0 Å². The van der Waals surface area contributed by atoms with Gasteiger partial charge in [-0.2, -0.15) is 11.3 Å². The van der Waals surface area contributed by atoms with Gasteiger partial charge in [-0.15, -0.1) is 5.10 Å². The molecule has 0 aliphatic carbocycles. The fourth-order valence-corrected chi connectivity index (χ4v) is 2.88. The molecule has 0 aliphatic rings. The minimum absolute atomic E-state index is 0.229. The van der Waals surface area contributed by atoms with Crippen molar-refractivity contribution >= 4 is 17.2 Å². The van der Waals surface area contributed by atoms with Crippen molar-refractivity contribution in [3.8, 4) is 5.69 Å². The first kappa shape index (κ1) is 15.4. The summed E-state index contributed by atoms with van der Waals surface area (Å²) in [4.78, 5) is 12.1. The van der Waals surface area contributed by atoms with Crippen LogP contribution in [0.1, 0.15) is 28.9 Å². The molecule has 0 bridgehead atoms. The van der Waals surface area contributed by atoms with E-state index in [0.717, 1.165) is 0 Å². The van der Waals surface area contributed by atoms with Crippen LogP contribution in [0.2, 0.25) is 0 Å². The predicted molar refractivity (Wildman–Crippen MR) is 86.4 cm³/mol. The Kier molecular flexibility index (Phi) is 4.47. The van der Waals surface area contributed by atoms with E-state index in [4.69, 9.17) is 0 Å². The highest BCUT2D eigenvalue weighted by atomic mass is 32.1. The number of rotatable bonds is 5. The average molecular weight is 330 g/mol. The molecule has 3 aromatic rings. The number of hydrogen-bond acceptors (Lipinski definition) is 4. The monoisotopic (exact) mass is 330 g/mol. The highest BCUT2D eigenvalue weighted by Crippen LogP contribution is 2.17. The molecule has 0 saturated carbocycles. The van der Waals surface area contributed by atoms with Gasteiger partial charge in [-0.25, -0.2) is 9.07 Å². The molecule has 0 spiro atoms. The zero-order valence-corrected chi connectivity index (χ0v) is 13.3. The van der Waals surface area contributed by atoms with Gasteiger partial charge in [-0.3, -0.25) is 4.79 Å². The molecule has 0 saturated heterocycles. The zero-order valence-electron chi connectivity index (χ0n) is 12.4. The number of halogens is 1. The molecule has 0 fully saturated rings. The lowest BCUT2D eigenvalue weighted by Crippen LogP contribution is -2.27. The first-order chi connectivity index (χ1) is 11.1. The largest absolute Gasteiger partial charge is 0.350 e. The second-order valence-corrected chi connectivity index (χ2v) is 5.97. The number of amides is 1. The molecule has 2 heterocycles. The SMILES string of the molecule is C[C@@H](CNC(=O)c1cn(-c2ccc(F)cc2)nn1)c1ccsc1. The normalized spacial score (nSPS) is 12.1. The highest BCUT2D eigenvalue weighted by molar-refractivity contribution is 7.07. The summed E-state index contributed by atoms with van der Waals surface area (Å²) in [7, 11) is 0. The molecule has 1 aromatic carbocycles. The Morgan fingerprint density at radius 3 is 2.83 bits per heavy atom. The van der Waals surface area contributed by atoms with Crippen molar-refractivity contribution in [1.29, 1.82) is 0 Å². The Bertz CT molecular complexity index is 783. The number of aromatic nitrogens is 3. The van der Waals surface area contributed by atoms with Gasteiger partial charge in [0.1, 0.15) is 5.82 Å². The Labute approximate surface area is 136 Å².